The molecule has 5 aromatic rings. The van der Waals surface area contributed by atoms with Crippen molar-refractivity contribution in [3.05, 3.63) is 141 Å². The third-order valence-electron chi connectivity index (χ3n) is 7.98. The molecule has 1 atom stereocenters. The van der Waals surface area contributed by atoms with E-state index in [-0.39, 0.29) is 12.2 Å². The fourth-order valence-corrected chi connectivity index (χ4v) is 7.23. The summed E-state index contributed by atoms with van der Waals surface area (Å²) in [5.74, 6) is 0.168. The number of fused-ring (bicyclic) bond motifs is 1. The Morgan fingerprint density at radius 2 is 1.76 bits per heavy atom. The maximum Gasteiger partial charge on any atom is 0.338 e. The minimum absolute atomic E-state index is 0.194. The highest BCUT2D eigenvalue weighted by molar-refractivity contribution is 14.1. The Balaban J connectivity index is 1.59. The molecule has 0 spiro atoms. The number of esters is 1. The molecule has 228 valence electrons. The van der Waals surface area contributed by atoms with E-state index in [0.29, 0.717) is 26.4 Å². The van der Waals surface area contributed by atoms with E-state index < -0.39 is 12.0 Å². The minimum Gasteiger partial charge on any atom is -0.497 e. The van der Waals surface area contributed by atoms with Gasteiger partial charge in [-0.2, -0.15) is 0 Å². The fraction of sp³-hybridized carbons (Fsp3) is 0.194. The number of benzene rings is 3. The zero-order valence-electron chi connectivity index (χ0n) is 25.6. The predicted molar refractivity (Wildman–Crippen MR) is 187 cm³/mol. The molecule has 0 unspecified atom stereocenters. The van der Waals surface area contributed by atoms with Crippen LogP contribution in [0.5, 0.6) is 5.75 Å². The molecule has 0 saturated carbocycles. The summed E-state index contributed by atoms with van der Waals surface area (Å²) in [7, 11) is 1.60. The summed E-state index contributed by atoms with van der Waals surface area (Å²) in [6.07, 6.45) is 1.93. The second kappa shape index (κ2) is 12.6. The van der Waals surface area contributed by atoms with Crippen LogP contribution in [-0.2, 0) is 9.53 Å². The molecule has 7 nitrogen and oxygen atoms in total. The van der Waals surface area contributed by atoms with Gasteiger partial charge < -0.3 is 14.0 Å². The number of nitrogens with zero attached hydrogens (tertiary/aromatic N) is 3. The maximum atomic E-state index is 14.3. The first-order valence-corrected chi connectivity index (χ1v) is 16.5. The van der Waals surface area contributed by atoms with Crippen molar-refractivity contribution in [3.8, 4) is 11.4 Å². The molecular formula is C36H32IN3O4S. The topological polar surface area (TPSA) is 74.8 Å². The van der Waals surface area contributed by atoms with Gasteiger partial charge in [-0.25, -0.2) is 9.79 Å². The van der Waals surface area contributed by atoms with E-state index in [1.165, 1.54) is 20.5 Å². The van der Waals surface area contributed by atoms with Crippen LogP contribution in [-0.4, -0.2) is 28.8 Å². The summed E-state index contributed by atoms with van der Waals surface area (Å²) in [5, 5.41) is 0. The Morgan fingerprint density at radius 3 is 2.42 bits per heavy atom. The molecule has 0 amide bonds. The van der Waals surface area contributed by atoms with Gasteiger partial charge >= 0.3 is 5.97 Å². The molecule has 0 radical (unpaired) electrons. The molecule has 0 fully saturated rings. The molecule has 3 aromatic carbocycles. The van der Waals surface area contributed by atoms with Crippen LogP contribution in [0.4, 0.5) is 0 Å². The molecule has 0 saturated heterocycles. The molecule has 45 heavy (non-hydrogen) atoms. The van der Waals surface area contributed by atoms with Gasteiger partial charge in [-0.1, -0.05) is 59.9 Å². The highest BCUT2D eigenvalue weighted by Gasteiger charge is 2.35. The van der Waals surface area contributed by atoms with Crippen LogP contribution in [0, 0.1) is 24.3 Å². The van der Waals surface area contributed by atoms with E-state index in [1.54, 1.807) is 18.6 Å². The molecule has 9 heteroatoms. The van der Waals surface area contributed by atoms with Crippen molar-refractivity contribution in [1.82, 2.24) is 9.13 Å². The second-order valence-corrected chi connectivity index (χ2v) is 13.0. The molecule has 3 heterocycles. The first kappa shape index (κ1) is 30.8. The monoisotopic (exact) mass is 729 g/mol. The van der Waals surface area contributed by atoms with Gasteiger partial charge in [0.15, 0.2) is 4.80 Å². The molecule has 0 N–H and O–H groups in total. The van der Waals surface area contributed by atoms with Gasteiger partial charge in [0.05, 0.1) is 35.6 Å². The summed E-state index contributed by atoms with van der Waals surface area (Å²) in [6.45, 7) is 8.20. The number of thiazole rings is 1. The lowest BCUT2D eigenvalue weighted by molar-refractivity contribution is -0.138. The van der Waals surface area contributed by atoms with E-state index in [0.717, 1.165) is 33.8 Å². The number of hydrogen-bond donors (Lipinski definition) is 0. The first-order valence-electron chi connectivity index (χ1n) is 14.6. The Labute approximate surface area is 278 Å². The highest BCUT2D eigenvalue weighted by Crippen LogP contribution is 2.35. The van der Waals surface area contributed by atoms with E-state index in [9.17, 15) is 9.59 Å². The summed E-state index contributed by atoms with van der Waals surface area (Å²) in [4.78, 5) is 33.5. The first-order chi connectivity index (χ1) is 21.7. The predicted octanol–water partition coefficient (Wildman–Crippen LogP) is 6.26. The van der Waals surface area contributed by atoms with Crippen LogP contribution in [0.2, 0.25) is 0 Å². The lowest BCUT2D eigenvalue weighted by atomic mass is 9.93. The van der Waals surface area contributed by atoms with Crippen molar-refractivity contribution in [3.63, 3.8) is 0 Å². The zero-order chi connectivity index (χ0) is 31.8. The summed E-state index contributed by atoms with van der Waals surface area (Å²) in [5.41, 5.74) is 7.47. The summed E-state index contributed by atoms with van der Waals surface area (Å²) < 4.78 is 16.5. The summed E-state index contributed by atoms with van der Waals surface area (Å²) >= 11 is 3.68. The molecule has 1 aliphatic rings. The van der Waals surface area contributed by atoms with E-state index in [4.69, 9.17) is 14.5 Å². The number of ether oxygens (including phenoxy) is 2. The smallest absolute Gasteiger partial charge is 0.338 e. The van der Waals surface area contributed by atoms with Crippen molar-refractivity contribution >= 4 is 51.7 Å². The number of halogens is 1. The van der Waals surface area contributed by atoms with Crippen LogP contribution >= 0.6 is 33.9 Å². The lowest BCUT2D eigenvalue weighted by Crippen LogP contribution is -2.40. The van der Waals surface area contributed by atoms with Crippen LogP contribution in [0.15, 0.2) is 94.2 Å². The van der Waals surface area contributed by atoms with Gasteiger partial charge in [-0.3, -0.25) is 9.36 Å². The van der Waals surface area contributed by atoms with Crippen molar-refractivity contribution in [2.75, 3.05) is 13.7 Å². The number of aromatic nitrogens is 2. The highest BCUT2D eigenvalue weighted by atomic mass is 127. The fourth-order valence-electron chi connectivity index (χ4n) is 5.74. The number of carbonyl (C=O) groups is 1. The quantitative estimate of drug-likeness (QED) is 0.147. The van der Waals surface area contributed by atoms with Gasteiger partial charge in [-0.15, -0.1) is 0 Å². The summed E-state index contributed by atoms with van der Waals surface area (Å²) in [6, 6.07) is 24.7. The van der Waals surface area contributed by atoms with Gasteiger partial charge in [0, 0.05) is 26.2 Å². The third-order valence-corrected chi connectivity index (χ3v) is 10.1. The van der Waals surface area contributed by atoms with Crippen molar-refractivity contribution < 1.29 is 14.3 Å². The largest absolute Gasteiger partial charge is 0.497 e. The average molecular weight is 730 g/mol. The molecular weight excluding hydrogens is 697 g/mol. The Kier molecular flexibility index (Phi) is 8.65. The number of aryl methyl sites for hydroxylation is 2. The van der Waals surface area contributed by atoms with Crippen LogP contribution in [0.3, 0.4) is 0 Å². The Hall–Kier alpha value is -4.22. The second-order valence-electron chi connectivity index (χ2n) is 10.8. The van der Waals surface area contributed by atoms with Crippen molar-refractivity contribution in [1.29, 1.82) is 0 Å². The molecule has 0 aliphatic carbocycles. The van der Waals surface area contributed by atoms with Gasteiger partial charge in [0.2, 0.25) is 0 Å². The maximum absolute atomic E-state index is 14.3. The van der Waals surface area contributed by atoms with Crippen molar-refractivity contribution in [2.24, 2.45) is 4.99 Å². The third kappa shape index (κ3) is 5.70. The normalized spacial score (nSPS) is 14.7. The van der Waals surface area contributed by atoms with Crippen molar-refractivity contribution in [2.45, 2.75) is 33.7 Å². The molecule has 0 bridgehead atoms. The van der Waals surface area contributed by atoms with E-state index in [2.05, 4.69) is 72.2 Å². The number of hydrogen-bond acceptors (Lipinski definition) is 6. The molecule has 2 aromatic heterocycles. The van der Waals surface area contributed by atoms with Crippen LogP contribution < -0.4 is 19.6 Å². The average Bonchev–Trinajstić information content (AvgIpc) is 3.51. The standard InChI is InChI=1S/C36H32IN3O4S/c1-6-44-35(42)31-32(24-10-8-7-9-11-24)38-36-40(33(31)25-13-16-28(43-5)17-14-25)34(41)30(45-36)19-26-18-22(3)39(23(26)4)27-15-12-21(2)29(37)20-27/h7-20,33H,6H2,1-5H3/b30-19-/t33-/m0/s1. The number of carbonyl (C=O) groups excluding carboxylic acids is 1. The Bertz CT molecular complexity index is 2140. The van der Waals surface area contributed by atoms with E-state index in [1.807, 2.05) is 60.7 Å². The Morgan fingerprint density at radius 1 is 1.02 bits per heavy atom. The molecule has 1 aliphatic heterocycles. The minimum atomic E-state index is -0.745. The number of rotatable bonds is 7. The lowest BCUT2D eigenvalue weighted by Gasteiger charge is -2.26. The molecule has 6 rings (SSSR count). The van der Waals surface area contributed by atoms with Gasteiger partial charge in [0.25, 0.3) is 5.56 Å². The van der Waals surface area contributed by atoms with E-state index >= 15 is 0 Å². The van der Waals surface area contributed by atoms with Crippen LogP contribution in [0.25, 0.3) is 17.5 Å². The number of methoxy groups -OCH3 is 1. The zero-order valence-corrected chi connectivity index (χ0v) is 28.6. The van der Waals surface area contributed by atoms with Crippen LogP contribution in [0.1, 0.15) is 46.6 Å². The van der Waals surface area contributed by atoms with Gasteiger partial charge in [0.1, 0.15) is 5.75 Å². The SMILES string of the molecule is CCOC(=O)C1=C(c2ccccc2)N=c2s/c(=C\c3cc(C)n(-c4ccc(C)c(I)c4)c3C)c(=O)n2[C@H]1c1ccc(OC)cc1. The van der Waals surface area contributed by atoms with Gasteiger partial charge in [-0.05, 0) is 103 Å².